The van der Waals surface area contributed by atoms with E-state index in [2.05, 4.69) is 0 Å². The molecule has 2 rings (SSSR count). The minimum atomic E-state index is -2.65. The zero-order valence-corrected chi connectivity index (χ0v) is 11.1. The van der Waals surface area contributed by atoms with E-state index in [1.165, 1.54) is 6.07 Å². The lowest BCUT2D eigenvalue weighted by atomic mass is 9.82. The van der Waals surface area contributed by atoms with Crippen LogP contribution in [0.1, 0.15) is 31.2 Å². The fourth-order valence-corrected chi connectivity index (χ4v) is 2.97. The predicted octanol–water partition coefficient (Wildman–Crippen LogP) is 4.94. The molecule has 2 atom stereocenters. The molecule has 0 N–H and O–H groups in total. The summed E-state index contributed by atoms with van der Waals surface area (Å²) in [4.78, 5) is 0. The van der Waals surface area contributed by atoms with Gasteiger partial charge >= 0.3 is 0 Å². The zero-order chi connectivity index (χ0) is 14.0. The lowest BCUT2D eigenvalue weighted by molar-refractivity contribution is -0.0528. The van der Waals surface area contributed by atoms with Crippen LogP contribution in [0.15, 0.2) is 18.2 Å². The van der Waals surface area contributed by atoms with Crippen molar-refractivity contribution in [3.63, 3.8) is 0 Å². The first kappa shape index (κ1) is 14.6. The second-order valence-corrected chi connectivity index (χ2v) is 5.74. The molecule has 0 heterocycles. The highest BCUT2D eigenvalue weighted by Crippen LogP contribution is 2.40. The standard InChI is InChI=1S/C14H15ClF4/c15-11(10-2-1-5-14(18,19)8-10)6-9-3-4-12(16)13(17)7-9/h3-4,7,10-11H,1-2,5-6,8H2. The summed E-state index contributed by atoms with van der Waals surface area (Å²) < 4.78 is 52.4. The maximum atomic E-state index is 13.3. The normalized spacial score (nSPS) is 24.2. The van der Waals surface area contributed by atoms with Crippen LogP contribution in [0.5, 0.6) is 0 Å². The Balaban J connectivity index is 2.00. The number of halogens is 5. The van der Waals surface area contributed by atoms with Gasteiger partial charge in [0.1, 0.15) is 0 Å². The van der Waals surface area contributed by atoms with Crippen molar-refractivity contribution in [2.75, 3.05) is 0 Å². The average molecular weight is 295 g/mol. The van der Waals surface area contributed by atoms with Gasteiger partial charge in [0, 0.05) is 18.2 Å². The third-order valence-corrected chi connectivity index (χ3v) is 4.12. The molecule has 1 fully saturated rings. The Morgan fingerprint density at radius 1 is 1.26 bits per heavy atom. The smallest absolute Gasteiger partial charge is 0.207 e. The van der Waals surface area contributed by atoms with Gasteiger partial charge in [-0.25, -0.2) is 17.6 Å². The Labute approximate surface area is 114 Å². The molecule has 1 aromatic carbocycles. The van der Waals surface area contributed by atoms with Gasteiger partial charge in [0.05, 0.1) is 0 Å². The first-order chi connectivity index (χ1) is 8.87. The van der Waals surface area contributed by atoms with E-state index in [0.717, 1.165) is 12.1 Å². The fourth-order valence-electron chi connectivity index (χ4n) is 2.58. The number of hydrogen-bond donors (Lipinski definition) is 0. The highest BCUT2D eigenvalue weighted by molar-refractivity contribution is 6.20. The van der Waals surface area contributed by atoms with Gasteiger partial charge in [0.15, 0.2) is 11.6 Å². The van der Waals surface area contributed by atoms with Crippen LogP contribution in [-0.4, -0.2) is 11.3 Å². The van der Waals surface area contributed by atoms with E-state index in [9.17, 15) is 17.6 Å². The van der Waals surface area contributed by atoms with E-state index in [0.29, 0.717) is 18.4 Å². The van der Waals surface area contributed by atoms with Crippen LogP contribution >= 0.6 is 11.6 Å². The minimum absolute atomic E-state index is 0.0850. The van der Waals surface area contributed by atoms with Crippen molar-refractivity contribution in [3.8, 4) is 0 Å². The summed E-state index contributed by atoms with van der Waals surface area (Å²) in [5, 5.41) is -0.476. The van der Waals surface area contributed by atoms with Crippen LogP contribution in [-0.2, 0) is 6.42 Å². The number of benzene rings is 1. The lowest BCUT2D eigenvalue weighted by Gasteiger charge is -2.31. The van der Waals surface area contributed by atoms with Crippen molar-refractivity contribution in [2.24, 2.45) is 5.92 Å². The van der Waals surface area contributed by atoms with Crippen molar-refractivity contribution in [2.45, 2.75) is 43.4 Å². The van der Waals surface area contributed by atoms with E-state index in [4.69, 9.17) is 11.6 Å². The van der Waals surface area contributed by atoms with Crippen LogP contribution in [0.2, 0.25) is 0 Å². The molecule has 0 spiro atoms. The van der Waals surface area contributed by atoms with E-state index in [1.54, 1.807) is 0 Å². The minimum Gasteiger partial charge on any atom is -0.207 e. The average Bonchev–Trinajstić information content (AvgIpc) is 2.32. The molecule has 106 valence electrons. The summed E-state index contributed by atoms with van der Waals surface area (Å²) in [6.07, 6.45) is 1.09. The summed E-state index contributed by atoms with van der Waals surface area (Å²) in [7, 11) is 0. The Hall–Kier alpha value is -0.770. The fraction of sp³-hybridized carbons (Fsp3) is 0.571. The maximum Gasteiger partial charge on any atom is 0.248 e. The Morgan fingerprint density at radius 3 is 2.63 bits per heavy atom. The van der Waals surface area contributed by atoms with E-state index < -0.39 is 22.9 Å². The maximum absolute atomic E-state index is 13.3. The predicted molar refractivity (Wildman–Crippen MR) is 66.6 cm³/mol. The van der Waals surface area contributed by atoms with E-state index in [1.807, 2.05) is 0 Å². The number of alkyl halides is 3. The first-order valence-corrected chi connectivity index (χ1v) is 6.77. The molecule has 0 nitrogen and oxygen atoms in total. The van der Waals surface area contributed by atoms with Gasteiger partial charge < -0.3 is 0 Å². The molecule has 0 bridgehead atoms. The highest BCUT2D eigenvalue weighted by Gasteiger charge is 2.38. The van der Waals surface area contributed by atoms with Gasteiger partial charge in [-0.1, -0.05) is 6.07 Å². The Morgan fingerprint density at radius 2 is 2.00 bits per heavy atom. The molecular formula is C14H15ClF4. The molecule has 0 saturated heterocycles. The van der Waals surface area contributed by atoms with Crippen molar-refractivity contribution < 1.29 is 17.6 Å². The van der Waals surface area contributed by atoms with E-state index >= 15 is 0 Å². The van der Waals surface area contributed by atoms with Gasteiger partial charge in [-0.15, -0.1) is 11.6 Å². The van der Waals surface area contributed by atoms with Crippen molar-refractivity contribution >= 4 is 11.6 Å². The summed E-state index contributed by atoms with van der Waals surface area (Å²) >= 11 is 6.16. The van der Waals surface area contributed by atoms with Crippen LogP contribution in [0.3, 0.4) is 0 Å². The summed E-state index contributed by atoms with van der Waals surface area (Å²) in [5.41, 5.74) is 0.535. The van der Waals surface area contributed by atoms with Crippen LogP contribution in [0.4, 0.5) is 17.6 Å². The molecule has 1 aromatic rings. The molecule has 0 aromatic heterocycles. The van der Waals surface area contributed by atoms with Gasteiger partial charge in [0.25, 0.3) is 0 Å². The molecule has 2 unspecified atom stereocenters. The lowest BCUT2D eigenvalue weighted by Crippen LogP contribution is -2.31. The number of hydrogen-bond acceptors (Lipinski definition) is 0. The third kappa shape index (κ3) is 3.85. The molecule has 5 heteroatoms. The molecular weight excluding hydrogens is 280 g/mol. The molecule has 0 radical (unpaired) electrons. The summed E-state index contributed by atoms with van der Waals surface area (Å²) in [5.74, 6) is -4.78. The van der Waals surface area contributed by atoms with E-state index in [-0.39, 0.29) is 25.2 Å². The molecule has 0 amide bonds. The Kier molecular flexibility index (Phi) is 4.39. The van der Waals surface area contributed by atoms with Crippen LogP contribution in [0.25, 0.3) is 0 Å². The second kappa shape index (κ2) is 5.70. The quantitative estimate of drug-likeness (QED) is 0.547. The van der Waals surface area contributed by atoms with Gasteiger partial charge in [-0.3, -0.25) is 0 Å². The molecule has 0 aliphatic heterocycles. The molecule has 19 heavy (non-hydrogen) atoms. The topological polar surface area (TPSA) is 0 Å². The molecule has 1 aliphatic rings. The van der Waals surface area contributed by atoms with Gasteiger partial charge in [0.2, 0.25) is 5.92 Å². The monoisotopic (exact) mass is 294 g/mol. The first-order valence-electron chi connectivity index (χ1n) is 6.33. The van der Waals surface area contributed by atoms with Crippen molar-refractivity contribution in [3.05, 3.63) is 35.4 Å². The molecule has 1 saturated carbocycles. The number of rotatable bonds is 3. The van der Waals surface area contributed by atoms with Crippen LogP contribution in [0, 0.1) is 17.6 Å². The van der Waals surface area contributed by atoms with Crippen LogP contribution < -0.4 is 0 Å². The van der Waals surface area contributed by atoms with Crippen molar-refractivity contribution in [1.29, 1.82) is 0 Å². The zero-order valence-electron chi connectivity index (χ0n) is 10.3. The van der Waals surface area contributed by atoms with Gasteiger partial charge in [-0.2, -0.15) is 0 Å². The molecule has 1 aliphatic carbocycles. The summed E-state index contributed by atoms with van der Waals surface area (Å²) in [6, 6.07) is 3.55. The van der Waals surface area contributed by atoms with Crippen molar-refractivity contribution in [1.82, 2.24) is 0 Å². The third-order valence-electron chi connectivity index (χ3n) is 3.60. The largest absolute Gasteiger partial charge is 0.248 e. The highest BCUT2D eigenvalue weighted by atomic mass is 35.5. The Bertz CT molecular complexity index is 447. The SMILES string of the molecule is Fc1ccc(CC(Cl)C2CCCC(F)(F)C2)cc1F. The van der Waals surface area contributed by atoms with Gasteiger partial charge in [-0.05, 0) is 42.9 Å². The summed E-state index contributed by atoms with van der Waals surface area (Å²) in [6.45, 7) is 0. The second-order valence-electron chi connectivity index (χ2n) is 5.18.